The van der Waals surface area contributed by atoms with E-state index in [1.807, 2.05) is 6.92 Å². The Labute approximate surface area is 161 Å². The molecule has 0 heterocycles. The van der Waals surface area contributed by atoms with Gasteiger partial charge in [-0.3, -0.25) is 9.52 Å². The van der Waals surface area contributed by atoms with E-state index in [1.54, 1.807) is 25.1 Å². The van der Waals surface area contributed by atoms with Crippen molar-refractivity contribution in [3.05, 3.63) is 64.2 Å². The molecule has 2 N–H and O–H groups in total. The summed E-state index contributed by atoms with van der Waals surface area (Å²) in [6, 6.07) is 11.3. The number of nitrogens with one attached hydrogen (secondary N) is 2. The van der Waals surface area contributed by atoms with E-state index in [0.717, 1.165) is 24.7 Å². The number of sulfonamides is 1. The highest BCUT2D eigenvalue weighted by atomic mass is 32.2. The molecule has 0 spiro atoms. The van der Waals surface area contributed by atoms with Crippen LogP contribution < -0.4 is 10.0 Å². The van der Waals surface area contributed by atoms with Crippen LogP contribution in [-0.4, -0.2) is 20.6 Å². The molecule has 1 aliphatic rings. The molecule has 2 aromatic carbocycles. The molecule has 0 unspecified atom stereocenters. The first-order valence-corrected chi connectivity index (χ1v) is 11.1. The number of fused-ring (bicyclic) bond motifs is 1. The van der Waals surface area contributed by atoms with E-state index in [9.17, 15) is 13.2 Å². The van der Waals surface area contributed by atoms with Gasteiger partial charge >= 0.3 is 0 Å². The monoisotopic (exact) mass is 386 g/mol. The quantitative estimate of drug-likeness (QED) is 0.822. The molecule has 0 saturated heterocycles. The summed E-state index contributed by atoms with van der Waals surface area (Å²) in [5.41, 5.74) is 5.62. The molecule has 0 saturated carbocycles. The summed E-state index contributed by atoms with van der Waals surface area (Å²) in [5, 5.41) is 3.04. The first-order chi connectivity index (χ1) is 12.7. The lowest BCUT2D eigenvalue weighted by Crippen LogP contribution is -2.27. The van der Waals surface area contributed by atoms with E-state index in [1.165, 1.54) is 24.0 Å². The maximum absolute atomic E-state index is 12.6. The molecule has 0 aliphatic heterocycles. The van der Waals surface area contributed by atoms with Crippen molar-refractivity contribution in [2.75, 3.05) is 11.0 Å². The molecule has 1 atom stereocenters. The number of hydrogen-bond acceptors (Lipinski definition) is 3. The minimum absolute atomic E-state index is 0.0983. The third-order valence-corrected chi connectivity index (χ3v) is 5.59. The first kappa shape index (κ1) is 19.4. The summed E-state index contributed by atoms with van der Waals surface area (Å²) in [7, 11) is -3.35. The molecule has 2 aromatic rings. The molecular formula is C21H26N2O3S. The normalized spacial score (nSPS) is 14.9. The Morgan fingerprint density at radius 3 is 2.41 bits per heavy atom. The van der Waals surface area contributed by atoms with E-state index in [-0.39, 0.29) is 11.9 Å². The molecule has 6 heteroatoms. The third-order valence-electron chi connectivity index (χ3n) is 5.00. The van der Waals surface area contributed by atoms with E-state index < -0.39 is 10.0 Å². The van der Waals surface area contributed by atoms with Crippen LogP contribution in [0.3, 0.4) is 0 Å². The summed E-state index contributed by atoms with van der Waals surface area (Å²) >= 11 is 0. The molecule has 1 amide bonds. The zero-order chi connectivity index (χ0) is 19.6. The third kappa shape index (κ3) is 4.89. The van der Waals surface area contributed by atoms with E-state index in [0.29, 0.717) is 16.8 Å². The van der Waals surface area contributed by atoms with E-state index in [4.69, 9.17) is 0 Å². The lowest BCUT2D eigenvalue weighted by molar-refractivity contribution is 0.0940. The Balaban J connectivity index is 1.72. The Kier molecular flexibility index (Phi) is 5.56. The van der Waals surface area contributed by atoms with E-state index >= 15 is 0 Å². The molecule has 27 heavy (non-hydrogen) atoms. The number of benzene rings is 2. The maximum atomic E-state index is 12.6. The van der Waals surface area contributed by atoms with Crippen molar-refractivity contribution in [1.82, 2.24) is 5.32 Å². The second-order valence-corrected chi connectivity index (χ2v) is 9.08. The van der Waals surface area contributed by atoms with Crippen molar-refractivity contribution in [2.45, 2.75) is 45.6 Å². The number of anilines is 1. The van der Waals surface area contributed by atoms with Crippen LogP contribution in [0, 0.1) is 6.92 Å². The van der Waals surface area contributed by atoms with Crippen LogP contribution in [-0.2, 0) is 22.9 Å². The van der Waals surface area contributed by atoms with Gasteiger partial charge in [0.25, 0.3) is 5.91 Å². The van der Waals surface area contributed by atoms with Crippen LogP contribution in [0.1, 0.15) is 58.4 Å². The fraction of sp³-hybridized carbons (Fsp3) is 0.381. The standard InChI is InChI=1S/C21H26N2O3S/c1-14-12-19(10-11-20(14)23-27(3,25)26)21(24)22-15(2)17-9-8-16-6-4-5-7-18(16)13-17/h8-13,15,23H,4-7H2,1-3H3,(H,22,24)/t15-/m0/s1. The van der Waals surface area contributed by atoms with Crippen molar-refractivity contribution in [2.24, 2.45) is 0 Å². The van der Waals surface area contributed by atoms with Gasteiger partial charge in [0.2, 0.25) is 10.0 Å². The largest absolute Gasteiger partial charge is 0.346 e. The second-order valence-electron chi connectivity index (χ2n) is 7.33. The second kappa shape index (κ2) is 7.72. The van der Waals surface area contributed by atoms with Gasteiger partial charge in [0.05, 0.1) is 18.0 Å². The predicted molar refractivity (Wildman–Crippen MR) is 109 cm³/mol. The number of amides is 1. The van der Waals surface area contributed by atoms with Crippen molar-refractivity contribution >= 4 is 21.6 Å². The average Bonchev–Trinajstić information content (AvgIpc) is 2.61. The van der Waals surface area contributed by atoms with Gasteiger partial charge in [-0.25, -0.2) is 8.42 Å². The van der Waals surface area contributed by atoms with Gasteiger partial charge in [-0.05, 0) is 80.0 Å². The Morgan fingerprint density at radius 2 is 1.74 bits per heavy atom. The summed E-state index contributed by atoms with van der Waals surface area (Å²) in [5.74, 6) is -0.172. The number of carbonyl (C=O) groups is 1. The molecule has 5 nitrogen and oxygen atoms in total. The van der Waals surface area contributed by atoms with Gasteiger partial charge in [0.15, 0.2) is 0 Å². The van der Waals surface area contributed by atoms with Crippen molar-refractivity contribution in [3.8, 4) is 0 Å². The Bertz CT molecular complexity index is 967. The van der Waals surface area contributed by atoms with Crippen LogP contribution in [0.25, 0.3) is 0 Å². The number of hydrogen-bond donors (Lipinski definition) is 2. The number of aryl methyl sites for hydroxylation is 3. The molecular weight excluding hydrogens is 360 g/mol. The molecule has 0 radical (unpaired) electrons. The fourth-order valence-electron chi connectivity index (χ4n) is 3.51. The molecule has 0 aromatic heterocycles. The summed E-state index contributed by atoms with van der Waals surface area (Å²) in [4.78, 5) is 12.6. The Morgan fingerprint density at radius 1 is 1.04 bits per heavy atom. The molecule has 0 fully saturated rings. The van der Waals surface area contributed by atoms with Crippen LogP contribution in [0.4, 0.5) is 5.69 Å². The van der Waals surface area contributed by atoms with Crippen molar-refractivity contribution in [3.63, 3.8) is 0 Å². The van der Waals surface area contributed by atoms with Crippen molar-refractivity contribution in [1.29, 1.82) is 0 Å². The van der Waals surface area contributed by atoms with Gasteiger partial charge in [-0.2, -0.15) is 0 Å². The highest BCUT2D eigenvalue weighted by Crippen LogP contribution is 2.25. The van der Waals surface area contributed by atoms with Gasteiger partial charge in [-0.1, -0.05) is 18.2 Å². The van der Waals surface area contributed by atoms with Gasteiger partial charge in [-0.15, -0.1) is 0 Å². The highest BCUT2D eigenvalue weighted by Gasteiger charge is 2.16. The van der Waals surface area contributed by atoms with E-state index in [2.05, 4.69) is 28.2 Å². The highest BCUT2D eigenvalue weighted by molar-refractivity contribution is 7.92. The zero-order valence-corrected chi connectivity index (χ0v) is 16.8. The zero-order valence-electron chi connectivity index (χ0n) is 16.0. The molecule has 0 bridgehead atoms. The molecule has 3 rings (SSSR count). The first-order valence-electron chi connectivity index (χ1n) is 9.24. The van der Waals surface area contributed by atoms with Crippen LogP contribution in [0.15, 0.2) is 36.4 Å². The van der Waals surface area contributed by atoms with Gasteiger partial charge in [0, 0.05) is 5.56 Å². The minimum atomic E-state index is -3.35. The van der Waals surface area contributed by atoms with Crippen LogP contribution >= 0.6 is 0 Å². The number of carbonyl (C=O) groups excluding carboxylic acids is 1. The van der Waals surface area contributed by atoms with Gasteiger partial charge in [0.1, 0.15) is 0 Å². The fourth-order valence-corrected chi connectivity index (χ4v) is 4.13. The summed E-state index contributed by atoms with van der Waals surface area (Å²) < 4.78 is 25.2. The minimum Gasteiger partial charge on any atom is -0.346 e. The van der Waals surface area contributed by atoms with Crippen LogP contribution in [0.5, 0.6) is 0 Å². The maximum Gasteiger partial charge on any atom is 0.251 e. The lowest BCUT2D eigenvalue weighted by atomic mass is 9.89. The topological polar surface area (TPSA) is 75.3 Å². The van der Waals surface area contributed by atoms with Crippen LogP contribution in [0.2, 0.25) is 0 Å². The molecule has 1 aliphatic carbocycles. The smallest absolute Gasteiger partial charge is 0.251 e. The van der Waals surface area contributed by atoms with Crippen molar-refractivity contribution < 1.29 is 13.2 Å². The molecule has 144 valence electrons. The summed E-state index contributed by atoms with van der Waals surface area (Å²) in [6.07, 6.45) is 5.83. The van der Waals surface area contributed by atoms with Gasteiger partial charge < -0.3 is 5.32 Å². The SMILES string of the molecule is Cc1cc(C(=O)N[C@@H](C)c2ccc3c(c2)CCCC3)ccc1NS(C)(=O)=O. The summed E-state index contributed by atoms with van der Waals surface area (Å²) in [6.45, 7) is 3.76. The number of rotatable bonds is 5. The average molecular weight is 387 g/mol. The Hall–Kier alpha value is -2.34. The lowest BCUT2D eigenvalue weighted by Gasteiger charge is -2.20. The predicted octanol–water partition coefficient (Wildman–Crippen LogP) is 3.74.